The van der Waals surface area contributed by atoms with Gasteiger partial charge in [0.25, 0.3) is 0 Å². The van der Waals surface area contributed by atoms with Crippen LogP contribution in [0, 0.1) is 5.92 Å². The second kappa shape index (κ2) is 6.73. The van der Waals surface area contributed by atoms with Gasteiger partial charge >= 0.3 is 0 Å². The zero-order valence-corrected chi connectivity index (χ0v) is 14.4. The maximum atomic E-state index is 12.8. The Labute approximate surface area is 136 Å². The van der Waals surface area contributed by atoms with E-state index in [4.69, 9.17) is 27.9 Å². The lowest BCUT2D eigenvalue weighted by atomic mass is 10.0. The Kier molecular flexibility index (Phi) is 5.41. The number of ether oxygens (including phenoxy) is 1. The van der Waals surface area contributed by atoms with Crippen molar-refractivity contribution in [2.45, 2.75) is 30.5 Å². The van der Waals surface area contributed by atoms with E-state index in [9.17, 15) is 8.42 Å². The number of methoxy groups -OCH3 is 1. The van der Waals surface area contributed by atoms with Crippen LogP contribution in [0.2, 0.25) is 5.02 Å². The van der Waals surface area contributed by atoms with Crippen molar-refractivity contribution in [3.8, 4) is 5.75 Å². The highest BCUT2D eigenvalue weighted by atomic mass is 35.5. The molecule has 1 heterocycles. The van der Waals surface area contributed by atoms with Gasteiger partial charge in [-0.1, -0.05) is 18.5 Å². The smallest absolute Gasteiger partial charge is 0.246 e. The first kappa shape index (κ1) is 16.9. The molecule has 0 unspecified atom stereocenters. The first-order valence-corrected chi connectivity index (χ1v) is 9.18. The standard InChI is InChI=1S/C14H19Cl2NO3S/c1-10-3-5-17(6-4-10)21(18,19)13-8-12(16)7-11(9-15)14(13)20-2/h7-8,10H,3-6,9H2,1-2H3. The predicted octanol–water partition coefficient (Wildman–Crippen LogP) is 3.51. The zero-order valence-electron chi connectivity index (χ0n) is 12.1. The van der Waals surface area contributed by atoms with Crippen LogP contribution in [0.3, 0.4) is 0 Å². The molecule has 0 saturated carbocycles. The third-order valence-corrected chi connectivity index (χ3v) is 6.22. The molecule has 0 aliphatic carbocycles. The number of nitrogens with zero attached hydrogens (tertiary/aromatic N) is 1. The van der Waals surface area contributed by atoms with Crippen LogP contribution in [0.1, 0.15) is 25.3 Å². The number of sulfonamides is 1. The summed E-state index contributed by atoms with van der Waals surface area (Å²) in [6.07, 6.45) is 1.73. The van der Waals surface area contributed by atoms with Crippen LogP contribution < -0.4 is 4.74 Å². The van der Waals surface area contributed by atoms with E-state index in [0.29, 0.717) is 29.6 Å². The summed E-state index contributed by atoms with van der Waals surface area (Å²) < 4.78 is 32.4. The summed E-state index contributed by atoms with van der Waals surface area (Å²) >= 11 is 11.9. The van der Waals surface area contributed by atoms with Gasteiger partial charge in [0, 0.05) is 23.7 Å². The van der Waals surface area contributed by atoms with Crippen LogP contribution in [0.25, 0.3) is 0 Å². The molecule has 118 valence electrons. The highest BCUT2D eigenvalue weighted by molar-refractivity contribution is 7.89. The van der Waals surface area contributed by atoms with Gasteiger partial charge in [0.2, 0.25) is 10.0 Å². The Morgan fingerprint density at radius 2 is 1.95 bits per heavy atom. The highest BCUT2D eigenvalue weighted by Gasteiger charge is 2.31. The molecule has 2 rings (SSSR count). The van der Waals surface area contributed by atoms with Gasteiger partial charge < -0.3 is 4.74 Å². The Hall–Kier alpha value is -0.490. The van der Waals surface area contributed by atoms with Gasteiger partial charge in [0.1, 0.15) is 10.6 Å². The molecule has 0 N–H and O–H groups in total. The average Bonchev–Trinajstić information content (AvgIpc) is 2.46. The lowest BCUT2D eigenvalue weighted by molar-refractivity contribution is 0.286. The molecule has 1 aromatic carbocycles. The zero-order chi connectivity index (χ0) is 15.6. The van der Waals surface area contributed by atoms with Gasteiger partial charge in [-0.3, -0.25) is 0 Å². The third-order valence-electron chi connectivity index (χ3n) is 3.81. The van der Waals surface area contributed by atoms with Gasteiger partial charge in [-0.05, 0) is 30.9 Å². The average molecular weight is 352 g/mol. The summed E-state index contributed by atoms with van der Waals surface area (Å²) in [7, 11) is -2.18. The monoisotopic (exact) mass is 351 g/mol. The Morgan fingerprint density at radius 1 is 1.33 bits per heavy atom. The van der Waals surface area contributed by atoms with Crippen LogP contribution in [0.15, 0.2) is 17.0 Å². The van der Waals surface area contributed by atoms with Crippen molar-refractivity contribution in [1.29, 1.82) is 0 Å². The van der Waals surface area contributed by atoms with Gasteiger partial charge in [0.15, 0.2) is 0 Å². The van der Waals surface area contributed by atoms with E-state index in [-0.39, 0.29) is 16.5 Å². The summed E-state index contributed by atoms with van der Waals surface area (Å²) in [5.41, 5.74) is 0.579. The minimum absolute atomic E-state index is 0.0997. The maximum Gasteiger partial charge on any atom is 0.246 e. The van der Waals surface area contributed by atoms with E-state index >= 15 is 0 Å². The third kappa shape index (κ3) is 3.47. The van der Waals surface area contributed by atoms with Gasteiger partial charge in [-0.15, -0.1) is 11.6 Å². The molecule has 0 bridgehead atoms. The number of hydrogen-bond acceptors (Lipinski definition) is 3. The van der Waals surface area contributed by atoms with E-state index < -0.39 is 10.0 Å². The maximum absolute atomic E-state index is 12.8. The molecule has 0 atom stereocenters. The number of alkyl halides is 1. The lowest BCUT2D eigenvalue weighted by Gasteiger charge is -2.30. The molecule has 1 aliphatic heterocycles. The van der Waals surface area contributed by atoms with Crippen LogP contribution in [0.5, 0.6) is 5.75 Å². The van der Waals surface area contributed by atoms with E-state index in [1.54, 1.807) is 6.07 Å². The van der Waals surface area contributed by atoms with Crippen LogP contribution >= 0.6 is 23.2 Å². The van der Waals surface area contributed by atoms with Crippen molar-refractivity contribution in [3.63, 3.8) is 0 Å². The number of piperidine rings is 1. The van der Waals surface area contributed by atoms with E-state index in [0.717, 1.165) is 12.8 Å². The largest absolute Gasteiger partial charge is 0.495 e. The fourth-order valence-electron chi connectivity index (χ4n) is 2.51. The molecule has 1 aliphatic rings. The fraction of sp³-hybridized carbons (Fsp3) is 0.571. The van der Waals surface area contributed by atoms with Gasteiger partial charge in [-0.25, -0.2) is 8.42 Å². The van der Waals surface area contributed by atoms with Gasteiger partial charge in [0.05, 0.1) is 13.0 Å². The van der Waals surface area contributed by atoms with Crippen molar-refractivity contribution in [2.24, 2.45) is 5.92 Å². The molecule has 7 heteroatoms. The molecule has 0 spiro atoms. The van der Waals surface area contributed by atoms with Crippen molar-refractivity contribution in [1.82, 2.24) is 4.31 Å². The molecular weight excluding hydrogens is 333 g/mol. The predicted molar refractivity (Wildman–Crippen MR) is 84.7 cm³/mol. The van der Waals surface area contributed by atoms with Crippen LogP contribution in [-0.4, -0.2) is 32.9 Å². The number of halogens is 2. The molecule has 21 heavy (non-hydrogen) atoms. The molecule has 1 fully saturated rings. The van der Waals surface area contributed by atoms with Gasteiger partial charge in [-0.2, -0.15) is 4.31 Å². The second-order valence-electron chi connectivity index (χ2n) is 5.32. The topological polar surface area (TPSA) is 46.6 Å². The molecular formula is C14H19Cl2NO3S. The van der Waals surface area contributed by atoms with E-state index in [1.165, 1.54) is 17.5 Å². The molecule has 4 nitrogen and oxygen atoms in total. The quantitative estimate of drug-likeness (QED) is 0.779. The first-order chi connectivity index (χ1) is 9.90. The Bertz CT molecular complexity index is 611. The fourth-order valence-corrected chi connectivity index (χ4v) is 4.71. The van der Waals surface area contributed by atoms with E-state index in [1.807, 2.05) is 0 Å². The Morgan fingerprint density at radius 3 is 2.48 bits per heavy atom. The summed E-state index contributed by atoms with van der Waals surface area (Å²) in [6.45, 7) is 3.18. The minimum atomic E-state index is -3.62. The van der Waals surface area contributed by atoms with E-state index in [2.05, 4.69) is 6.92 Å². The number of benzene rings is 1. The highest BCUT2D eigenvalue weighted by Crippen LogP contribution is 2.35. The summed E-state index contributed by atoms with van der Waals surface area (Å²) in [5, 5.41) is 0.343. The molecule has 1 aromatic rings. The van der Waals surface area contributed by atoms with Crippen LogP contribution in [0.4, 0.5) is 0 Å². The number of rotatable bonds is 4. The van der Waals surface area contributed by atoms with Crippen molar-refractivity contribution in [3.05, 3.63) is 22.7 Å². The van der Waals surface area contributed by atoms with Crippen molar-refractivity contribution < 1.29 is 13.2 Å². The second-order valence-corrected chi connectivity index (χ2v) is 7.93. The normalized spacial score (nSPS) is 17.9. The SMILES string of the molecule is COc1c(CCl)cc(Cl)cc1S(=O)(=O)N1CCC(C)CC1. The molecule has 0 radical (unpaired) electrons. The summed E-state index contributed by atoms with van der Waals surface area (Å²) in [4.78, 5) is 0.0997. The molecule has 0 aromatic heterocycles. The number of hydrogen-bond donors (Lipinski definition) is 0. The summed E-state index contributed by atoms with van der Waals surface area (Å²) in [6, 6.07) is 3.06. The molecule has 1 saturated heterocycles. The lowest BCUT2D eigenvalue weighted by Crippen LogP contribution is -2.38. The first-order valence-electron chi connectivity index (χ1n) is 6.82. The summed E-state index contributed by atoms with van der Waals surface area (Å²) in [5.74, 6) is 0.979. The van der Waals surface area contributed by atoms with Crippen molar-refractivity contribution in [2.75, 3.05) is 20.2 Å². The minimum Gasteiger partial charge on any atom is -0.495 e. The Balaban J connectivity index is 2.46. The van der Waals surface area contributed by atoms with Crippen molar-refractivity contribution >= 4 is 33.2 Å². The molecule has 0 amide bonds. The van der Waals surface area contributed by atoms with Crippen LogP contribution in [-0.2, 0) is 15.9 Å².